The van der Waals surface area contributed by atoms with Crippen molar-refractivity contribution in [1.29, 1.82) is 5.26 Å². The molecule has 0 fully saturated rings. The molecule has 0 spiro atoms. The second-order valence-electron chi connectivity index (χ2n) is 4.03. The minimum atomic E-state index is -5.35. The van der Waals surface area contributed by atoms with Crippen molar-refractivity contribution in [3.05, 3.63) is 46.9 Å². The summed E-state index contributed by atoms with van der Waals surface area (Å²) in [4.78, 5) is 41.1. The topological polar surface area (TPSA) is 151 Å². The van der Waals surface area contributed by atoms with Crippen LogP contribution < -0.4 is 78.7 Å². The van der Waals surface area contributed by atoms with Gasteiger partial charge in [-0.05, 0) is 18.2 Å². The first-order chi connectivity index (χ1) is 10.8. The molecular formula is C12H6ClN4Na2O5P. The summed E-state index contributed by atoms with van der Waals surface area (Å²) >= 11 is 5.75. The van der Waals surface area contributed by atoms with Crippen LogP contribution in [0.2, 0.25) is 5.02 Å². The van der Waals surface area contributed by atoms with Crippen LogP contribution in [0.15, 0.2) is 30.6 Å². The summed E-state index contributed by atoms with van der Waals surface area (Å²) in [6, 6.07) is 5.21. The first-order valence-electron chi connectivity index (χ1n) is 5.83. The van der Waals surface area contributed by atoms with E-state index in [4.69, 9.17) is 16.9 Å². The van der Waals surface area contributed by atoms with Crippen LogP contribution in [0.1, 0.15) is 16.1 Å². The van der Waals surface area contributed by atoms with Crippen LogP contribution in [-0.2, 0) is 4.57 Å². The summed E-state index contributed by atoms with van der Waals surface area (Å²) in [5.74, 6) is -1.29. The Morgan fingerprint density at radius 2 is 1.96 bits per heavy atom. The molecule has 0 saturated carbocycles. The summed E-state index contributed by atoms with van der Waals surface area (Å²) in [5.41, 5.74) is -0.232. The smallest absolute Gasteiger partial charge is 0.780 e. The van der Waals surface area contributed by atoms with Crippen LogP contribution in [0.5, 0.6) is 5.75 Å². The van der Waals surface area contributed by atoms with Gasteiger partial charge in [-0.25, -0.2) is 9.97 Å². The molecule has 0 atom stereocenters. The predicted octanol–water partition coefficient (Wildman–Crippen LogP) is -5.53. The van der Waals surface area contributed by atoms with Gasteiger partial charge in [0.15, 0.2) is 11.5 Å². The number of anilines is 1. The molecule has 1 aromatic carbocycles. The Morgan fingerprint density at radius 1 is 1.28 bits per heavy atom. The number of carbonyl (C=O) groups excluding carboxylic acids is 1. The second-order valence-corrected chi connectivity index (χ2v) is 5.55. The molecule has 25 heavy (non-hydrogen) atoms. The van der Waals surface area contributed by atoms with Gasteiger partial charge >= 0.3 is 59.1 Å². The maximum Gasteiger partial charge on any atom is 1.00 e. The van der Waals surface area contributed by atoms with Gasteiger partial charge in [0.1, 0.15) is 19.6 Å². The molecule has 0 aliphatic heterocycles. The molecule has 13 heteroatoms. The van der Waals surface area contributed by atoms with Gasteiger partial charge < -0.3 is 24.2 Å². The Hall–Kier alpha value is -0.500. The number of nitrogens with zero attached hydrogens (tertiary/aromatic N) is 3. The van der Waals surface area contributed by atoms with Crippen LogP contribution >= 0.6 is 19.4 Å². The number of halogens is 1. The summed E-state index contributed by atoms with van der Waals surface area (Å²) in [6.07, 6.45) is 2.27. The van der Waals surface area contributed by atoms with Crippen molar-refractivity contribution in [3.8, 4) is 11.8 Å². The number of hydrogen-bond donors (Lipinski definition) is 1. The Morgan fingerprint density at radius 3 is 2.48 bits per heavy atom. The number of aromatic nitrogens is 2. The summed E-state index contributed by atoms with van der Waals surface area (Å²) in [7, 11) is -5.35. The number of amides is 1. The molecule has 0 saturated heterocycles. The van der Waals surface area contributed by atoms with E-state index in [1.165, 1.54) is 6.07 Å². The first-order valence-corrected chi connectivity index (χ1v) is 7.67. The zero-order valence-corrected chi connectivity index (χ0v) is 18.7. The standard InChI is InChI=1S/C12H8ClN4O5P.2Na/c13-7-1-2-10(22-23(19,20)21)9(3-7)12(18)17-11-6-15-8(4-14)5-16-11;;/h1-3,5-6H,(H,16,17,18)(H2,19,20,21);;/q;2*+1/p-2. The van der Waals surface area contributed by atoms with Gasteiger partial charge in [0, 0.05) is 5.02 Å². The predicted molar refractivity (Wildman–Crippen MR) is 74.4 cm³/mol. The van der Waals surface area contributed by atoms with E-state index in [0.29, 0.717) is 0 Å². The van der Waals surface area contributed by atoms with Gasteiger partial charge in [0.25, 0.3) is 5.91 Å². The zero-order chi connectivity index (χ0) is 17.0. The van der Waals surface area contributed by atoms with E-state index >= 15 is 0 Å². The SMILES string of the molecule is N#Cc1cnc(NC(=O)c2cc(Cl)ccc2OP(=O)([O-])[O-])cn1.[Na+].[Na+]. The number of carbonyl (C=O) groups is 1. The van der Waals surface area contributed by atoms with Gasteiger partial charge in [0.2, 0.25) is 0 Å². The van der Waals surface area contributed by atoms with Crippen molar-refractivity contribution in [2.75, 3.05) is 5.32 Å². The Labute approximate surface area is 191 Å². The Bertz CT molecular complexity index is 840. The van der Waals surface area contributed by atoms with E-state index in [9.17, 15) is 19.1 Å². The van der Waals surface area contributed by atoms with Crippen molar-refractivity contribution >= 4 is 31.1 Å². The number of phosphoric acid groups is 1. The van der Waals surface area contributed by atoms with Gasteiger partial charge in [-0.2, -0.15) is 5.26 Å². The van der Waals surface area contributed by atoms with E-state index in [0.717, 1.165) is 24.5 Å². The third-order valence-electron chi connectivity index (χ3n) is 2.40. The molecular weight excluding hydrogens is 393 g/mol. The quantitative estimate of drug-likeness (QED) is 0.395. The number of nitriles is 1. The molecule has 2 rings (SSSR count). The molecule has 0 aliphatic carbocycles. The van der Waals surface area contributed by atoms with Crippen LogP contribution in [0.3, 0.4) is 0 Å². The number of phosphoric ester groups is 1. The first kappa shape index (κ1) is 24.5. The molecule has 1 amide bonds. The average molecular weight is 399 g/mol. The van der Waals surface area contributed by atoms with Gasteiger partial charge in [-0.15, -0.1) is 0 Å². The minimum Gasteiger partial charge on any atom is -0.780 e. The largest absolute Gasteiger partial charge is 1.00 e. The van der Waals surface area contributed by atoms with E-state index in [1.807, 2.05) is 0 Å². The van der Waals surface area contributed by atoms with E-state index in [2.05, 4.69) is 19.8 Å². The van der Waals surface area contributed by atoms with Crippen molar-refractivity contribution in [1.82, 2.24) is 9.97 Å². The molecule has 118 valence electrons. The second kappa shape index (κ2) is 10.6. The Kier molecular flexibility index (Phi) is 10.4. The minimum absolute atomic E-state index is 0. The van der Waals surface area contributed by atoms with Crippen LogP contribution in [0, 0.1) is 11.3 Å². The fourth-order valence-electron chi connectivity index (χ4n) is 1.51. The van der Waals surface area contributed by atoms with Gasteiger partial charge in [-0.3, -0.25) is 4.79 Å². The maximum atomic E-state index is 12.2. The van der Waals surface area contributed by atoms with Gasteiger partial charge in [-0.1, -0.05) is 11.6 Å². The van der Waals surface area contributed by atoms with Crippen LogP contribution in [0.25, 0.3) is 0 Å². The van der Waals surface area contributed by atoms with Crippen molar-refractivity contribution in [2.45, 2.75) is 0 Å². The number of benzene rings is 1. The van der Waals surface area contributed by atoms with Gasteiger partial charge in [0.05, 0.1) is 18.0 Å². The molecule has 1 heterocycles. The molecule has 0 bridgehead atoms. The molecule has 2 aromatic rings. The molecule has 0 radical (unpaired) electrons. The third-order valence-corrected chi connectivity index (χ3v) is 3.06. The van der Waals surface area contributed by atoms with Crippen LogP contribution in [0.4, 0.5) is 5.82 Å². The van der Waals surface area contributed by atoms with Crippen molar-refractivity contribution < 1.29 is 82.8 Å². The monoisotopic (exact) mass is 398 g/mol. The molecule has 0 unspecified atom stereocenters. The van der Waals surface area contributed by atoms with E-state index < -0.39 is 19.5 Å². The molecule has 1 aromatic heterocycles. The number of hydrogen-bond acceptors (Lipinski definition) is 8. The summed E-state index contributed by atoms with van der Waals surface area (Å²) in [6.45, 7) is 0. The maximum absolute atomic E-state index is 12.2. The Balaban J connectivity index is 0.00000288. The van der Waals surface area contributed by atoms with Crippen molar-refractivity contribution in [3.63, 3.8) is 0 Å². The fraction of sp³-hybridized carbons (Fsp3) is 0. The van der Waals surface area contributed by atoms with E-state index in [-0.39, 0.29) is 81.2 Å². The van der Waals surface area contributed by atoms with E-state index in [1.54, 1.807) is 6.07 Å². The van der Waals surface area contributed by atoms with Crippen molar-refractivity contribution in [2.24, 2.45) is 0 Å². The normalized spacial score (nSPS) is 9.84. The number of nitrogens with one attached hydrogen (secondary N) is 1. The fourth-order valence-corrected chi connectivity index (χ4v) is 2.09. The molecule has 9 nitrogen and oxygen atoms in total. The average Bonchev–Trinajstić information content (AvgIpc) is 2.48. The third kappa shape index (κ3) is 7.72. The van der Waals surface area contributed by atoms with Crippen LogP contribution in [-0.4, -0.2) is 15.9 Å². The molecule has 1 N–H and O–H groups in total. The summed E-state index contributed by atoms with van der Waals surface area (Å²) in [5, 5.41) is 11.0. The molecule has 0 aliphatic rings. The zero-order valence-electron chi connectivity index (χ0n) is 13.1. The number of rotatable bonds is 4. The summed E-state index contributed by atoms with van der Waals surface area (Å²) < 4.78 is 15.0.